The van der Waals surface area contributed by atoms with Crippen molar-refractivity contribution in [3.05, 3.63) is 35.9 Å². The number of ether oxygens (including phenoxy) is 1. The van der Waals surface area contributed by atoms with Crippen molar-refractivity contribution in [2.75, 3.05) is 26.2 Å². The molecule has 7 heteroatoms. The summed E-state index contributed by atoms with van der Waals surface area (Å²) in [5.74, 6) is -1.05. The van der Waals surface area contributed by atoms with Crippen LogP contribution in [0.25, 0.3) is 0 Å². The molecule has 1 atom stereocenters. The smallest absolute Gasteiger partial charge is 0.408 e. The molecule has 29 heavy (non-hydrogen) atoms. The fourth-order valence-corrected chi connectivity index (χ4v) is 3.63. The van der Waals surface area contributed by atoms with Crippen molar-refractivity contribution in [2.24, 2.45) is 0 Å². The summed E-state index contributed by atoms with van der Waals surface area (Å²) in [6.45, 7) is 13.8. The van der Waals surface area contributed by atoms with Crippen LogP contribution in [-0.4, -0.2) is 70.3 Å². The maximum Gasteiger partial charge on any atom is 0.408 e. The molecule has 1 fully saturated rings. The Bertz CT molecular complexity index is 677. The summed E-state index contributed by atoms with van der Waals surface area (Å²) >= 11 is 0. The lowest BCUT2D eigenvalue weighted by molar-refractivity contribution is -0.140. The molecule has 0 saturated carbocycles. The number of amides is 1. The van der Waals surface area contributed by atoms with E-state index in [1.807, 2.05) is 19.9 Å². The fourth-order valence-electron chi connectivity index (χ4n) is 3.63. The van der Waals surface area contributed by atoms with Crippen molar-refractivity contribution in [1.29, 1.82) is 0 Å². The van der Waals surface area contributed by atoms with Gasteiger partial charge in [0.05, 0.1) is 0 Å². The van der Waals surface area contributed by atoms with Crippen LogP contribution in [0, 0.1) is 0 Å². The number of alkyl carbamates (subject to hydrolysis) is 1. The number of hydrogen-bond donors (Lipinski definition) is 2. The van der Waals surface area contributed by atoms with E-state index in [9.17, 15) is 14.7 Å². The Morgan fingerprint density at radius 3 is 2.17 bits per heavy atom. The van der Waals surface area contributed by atoms with E-state index in [0.717, 1.165) is 32.7 Å². The number of carboxylic acids is 1. The van der Waals surface area contributed by atoms with E-state index >= 15 is 0 Å². The predicted octanol–water partition coefficient (Wildman–Crippen LogP) is 2.95. The molecule has 2 N–H and O–H groups in total. The van der Waals surface area contributed by atoms with Gasteiger partial charge in [0, 0.05) is 38.3 Å². The Kier molecular flexibility index (Phi) is 7.66. The molecule has 1 aliphatic rings. The highest BCUT2D eigenvalue weighted by atomic mass is 16.6. The quantitative estimate of drug-likeness (QED) is 0.726. The summed E-state index contributed by atoms with van der Waals surface area (Å²) in [4.78, 5) is 28.5. The van der Waals surface area contributed by atoms with E-state index in [-0.39, 0.29) is 5.54 Å². The molecule has 2 rings (SSSR count). The lowest BCUT2D eigenvalue weighted by Gasteiger charge is -2.45. The average molecular weight is 406 g/mol. The first-order chi connectivity index (χ1) is 13.5. The minimum atomic E-state index is -1.05. The van der Waals surface area contributed by atoms with Crippen LogP contribution in [0.4, 0.5) is 4.79 Å². The third-order valence-corrected chi connectivity index (χ3v) is 5.17. The minimum absolute atomic E-state index is 0.306. The zero-order valence-electron chi connectivity index (χ0n) is 18.3. The zero-order valence-corrected chi connectivity index (χ0v) is 18.3. The highest BCUT2D eigenvalue weighted by Crippen LogP contribution is 2.23. The van der Waals surface area contributed by atoms with Gasteiger partial charge in [-0.25, -0.2) is 9.59 Å². The summed E-state index contributed by atoms with van der Waals surface area (Å²) in [5, 5.41) is 12.1. The molecular weight excluding hydrogens is 370 g/mol. The number of rotatable bonds is 7. The number of carbonyl (C=O) groups excluding carboxylic acids is 1. The molecule has 7 nitrogen and oxygen atoms in total. The van der Waals surface area contributed by atoms with E-state index in [1.165, 1.54) is 5.56 Å². The van der Waals surface area contributed by atoms with Gasteiger partial charge in [-0.15, -0.1) is 0 Å². The van der Waals surface area contributed by atoms with Crippen molar-refractivity contribution in [2.45, 2.75) is 64.8 Å². The van der Waals surface area contributed by atoms with Crippen LogP contribution in [0.2, 0.25) is 0 Å². The van der Waals surface area contributed by atoms with Crippen LogP contribution in [0.5, 0.6) is 0 Å². The van der Waals surface area contributed by atoms with Gasteiger partial charge < -0.3 is 15.2 Å². The Labute approximate surface area is 174 Å². The predicted molar refractivity (Wildman–Crippen MR) is 113 cm³/mol. The Morgan fingerprint density at radius 1 is 1.07 bits per heavy atom. The fraction of sp³-hybridized carbons (Fsp3) is 0.636. The molecule has 1 saturated heterocycles. The van der Waals surface area contributed by atoms with Crippen molar-refractivity contribution in [3.8, 4) is 0 Å². The van der Waals surface area contributed by atoms with Gasteiger partial charge in [0.15, 0.2) is 0 Å². The Morgan fingerprint density at radius 2 is 1.66 bits per heavy atom. The van der Waals surface area contributed by atoms with Crippen LogP contribution in [0.1, 0.15) is 46.6 Å². The zero-order chi connectivity index (χ0) is 21.7. The normalized spacial score (nSPS) is 17.6. The number of piperazine rings is 1. The molecule has 0 aliphatic carbocycles. The van der Waals surface area contributed by atoms with Gasteiger partial charge in [-0.1, -0.05) is 30.3 Å². The second-order valence-corrected chi connectivity index (χ2v) is 9.30. The van der Waals surface area contributed by atoms with Gasteiger partial charge in [0.25, 0.3) is 0 Å². The van der Waals surface area contributed by atoms with E-state index < -0.39 is 23.7 Å². The van der Waals surface area contributed by atoms with Crippen molar-refractivity contribution >= 4 is 12.1 Å². The number of carboxylic acid groups (broad SMARTS) is 1. The largest absolute Gasteiger partial charge is 0.480 e. The number of aliphatic carboxylic acids is 1. The summed E-state index contributed by atoms with van der Waals surface area (Å²) < 4.78 is 5.22. The number of hydrogen-bond acceptors (Lipinski definition) is 5. The number of nitrogens with one attached hydrogen (secondary N) is 1. The lowest BCUT2D eigenvalue weighted by Crippen LogP contribution is -2.57. The van der Waals surface area contributed by atoms with Gasteiger partial charge in [0.1, 0.15) is 11.6 Å². The summed E-state index contributed by atoms with van der Waals surface area (Å²) in [5.41, 5.74) is 0.266. The van der Waals surface area contributed by atoms with E-state index in [4.69, 9.17) is 4.74 Å². The van der Waals surface area contributed by atoms with Gasteiger partial charge in [0.2, 0.25) is 0 Å². The average Bonchev–Trinajstić information content (AvgIpc) is 2.60. The topological polar surface area (TPSA) is 82.1 Å². The van der Waals surface area contributed by atoms with E-state index in [2.05, 4.69) is 39.4 Å². The second-order valence-electron chi connectivity index (χ2n) is 9.30. The van der Waals surface area contributed by atoms with Crippen LogP contribution in [-0.2, 0) is 16.1 Å². The summed E-state index contributed by atoms with van der Waals surface area (Å²) in [7, 11) is 0. The number of carbonyl (C=O) groups is 2. The molecule has 0 spiro atoms. The third kappa shape index (κ3) is 7.66. The van der Waals surface area contributed by atoms with Crippen molar-refractivity contribution in [1.82, 2.24) is 15.1 Å². The molecule has 0 bridgehead atoms. The summed E-state index contributed by atoms with van der Waals surface area (Å²) in [6.07, 6.45) is -0.395. The molecule has 1 aromatic carbocycles. The molecule has 1 amide bonds. The Balaban J connectivity index is 1.90. The van der Waals surface area contributed by atoms with Gasteiger partial charge in [-0.2, -0.15) is 0 Å². The number of benzene rings is 1. The maximum absolute atomic E-state index is 12.0. The first-order valence-electron chi connectivity index (χ1n) is 10.2. The molecule has 1 heterocycles. The SMILES string of the molecule is CC(C)(C)OC(=O)NC(CC(C)(C)N1CCN(Cc2ccccc2)CC1)C(=O)O. The van der Waals surface area contributed by atoms with Crippen LogP contribution in [0.15, 0.2) is 30.3 Å². The van der Waals surface area contributed by atoms with E-state index in [1.54, 1.807) is 20.8 Å². The second kappa shape index (κ2) is 9.59. The Hall–Kier alpha value is -2.12. The molecule has 1 aliphatic heterocycles. The lowest BCUT2D eigenvalue weighted by atomic mass is 9.92. The molecule has 1 aromatic rings. The van der Waals surface area contributed by atoms with Crippen molar-refractivity contribution < 1.29 is 19.4 Å². The molecular formula is C22H35N3O4. The van der Waals surface area contributed by atoms with Crippen LogP contribution < -0.4 is 5.32 Å². The summed E-state index contributed by atoms with van der Waals surface area (Å²) in [6, 6.07) is 9.40. The molecule has 0 radical (unpaired) electrons. The standard InChI is InChI=1S/C22H35N3O4/c1-21(2,3)29-20(28)23-18(19(26)27)15-22(4,5)25-13-11-24(12-14-25)16-17-9-7-6-8-10-17/h6-10,18H,11-16H2,1-5H3,(H,23,28)(H,26,27). The maximum atomic E-state index is 12.0. The first kappa shape index (κ1) is 23.2. The van der Waals surface area contributed by atoms with Crippen LogP contribution >= 0.6 is 0 Å². The highest BCUT2D eigenvalue weighted by Gasteiger charge is 2.36. The minimum Gasteiger partial charge on any atom is -0.480 e. The highest BCUT2D eigenvalue weighted by molar-refractivity contribution is 5.80. The third-order valence-electron chi connectivity index (χ3n) is 5.17. The van der Waals surface area contributed by atoms with Gasteiger partial charge >= 0.3 is 12.1 Å². The van der Waals surface area contributed by atoms with Gasteiger partial charge in [-0.05, 0) is 46.6 Å². The molecule has 0 aromatic heterocycles. The first-order valence-corrected chi connectivity index (χ1v) is 10.2. The monoisotopic (exact) mass is 405 g/mol. The molecule has 162 valence electrons. The van der Waals surface area contributed by atoms with E-state index in [0.29, 0.717) is 6.42 Å². The number of nitrogens with zero attached hydrogens (tertiary/aromatic N) is 2. The van der Waals surface area contributed by atoms with Crippen molar-refractivity contribution in [3.63, 3.8) is 0 Å². The van der Waals surface area contributed by atoms with Crippen LogP contribution in [0.3, 0.4) is 0 Å². The van der Waals surface area contributed by atoms with Gasteiger partial charge in [-0.3, -0.25) is 9.80 Å². The molecule has 1 unspecified atom stereocenters.